The molecule has 0 amide bonds. The minimum Gasteiger partial charge on any atom is -0.389 e. The average Bonchev–Trinajstić information content (AvgIpc) is 2.82. The van der Waals surface area contributed by atoms with E-state index in [0.717, 1.165) is 11.1 Å². The van der Waals surface area contributed by atoms with Crippen molar-refractivity contribution >= 4 is 38.6 Å². The summed E-state index contributed by atoms with van der Waals surface area (Å²) in [6.07, 6.45) is 0. The van der Waals surface area contributed by atoms with E-state index in [0.29, 0.717) is 17.7 Å². The smallest absolute Gasteiger partial charge is 0.216 e. The van der Waals surface area contributed by atoms with Crippen LogP contribution in [-0.2, 0) is 22.3 Å². The van der Waals surface area contributed by atoms with Crippen molar-refractivity contribution < 1.29 is 8.42 Å². The molecule has 1 heterocycles. The molecule has 2 rings (SSSR count). The Labute approximate surface area is 134 Å². The molecule has 0 aliphatic carbocycles. The Morgan fingerprint density at radius 2 is 2.14 bits per heavy atom. The van der Waals surface area contributed by atoms with Crippen molar-refractivity contribution in [1.82, 2.24) is 4.72 Å². The van der Waals surface area contributed by atoms with Crippen LogP contribution < -0.4 is 10.5 Å². The number of thiophene rings is 1. The lowest BCUT2D eigenvalue weighted by molar-refractivity contribution is 0.580. The lowest BCUT2D eigenvalue weighted by Crippen LogP contribution is -2.25. The molecule has 0 radical (unpaired) electrons. The molecular formula is C14H16N2O2S3. The van der Waals surface area contributed by atoms with Gasteiger partial charge in [-0.2, -0.15) is 11.3 Å². The minimum absolute atomic E-state index is 0.0906. The third kappa shape index (κ3) is 4.60. The molecule has 1 aromatic carbocycles. The molecule has 0 fully saturated rings. The van der Waals surface area contributed by atoms with Gasteiger partial charge in [0, 0.05) is 12.1 Å². The number of benzene rings is 1. The van der Waals surface area contributed by atoms with E-state index >= 15 is 0 Å². The summed E-state index contributed by atoms with van der Waals surface area (Å²) in [5.74, 6) is -0.0906. The zero-order valence-electron chi connectivity index (χ0n) is 11.5. The van der Waals surface area contributed by atoms with Crippen LogP contribution in [-0.4, -0.2) is 13.4 Å². The first-order valence-corrected chi connectivity index (χ1v) is 9.25. The highest BCUT2D eigenvalue weighted by atomic mass is 32.2. The third-order valence-electron chi connectivity index (χ3n) is 3.01. The molecule has 0 spiro atoms. The van der Waals surface area contributed by atoms with Gasteiger partial charge in [-0.05, 0) is 40.4 Å². The van der Waals surface area contributed by atoms with Crippen LogP contribution in [0.2, 0.25) is 0 Å². The fourth-order valence-corrected chi connectivity index (χ4v) is 3.92. The van der Waals surface area contributed by atoms with Crippen LogP contribution in [0.15, 0.2) is 35.0 Å². The van der Waals surface area contributed by atoms with E-state index in [-0.39, 0.29) is 10.7 Å². The van der Waals surface area contributed by atoms with E-state index in [9.17, 15) is 8.42 Å². The number of nitrogens with two attached hydrogens (primary N) is 1. The van der Waals surface area contributed by atoms with Crippen LogP contribution in [0.25, 0.3) is 0 Å². The second-order valence-corrected chi connectivity index (χ2v) is 7.72. The number of aryl methyl sites for hydroxylation is 1. The van der Waals surface area contributed by atoms with Crippen LogP contribution in [0, 0.1) is 6.92 Å². The summed E-state index contributed by atoms with van der Waals surface area (Å²) in [6.45, 7) is 2.28. The molecule has 21 heavy (non-hydrogen) atoms. The van der Waals surface area contributed by atoms with Crippen molar-refractivity contribution in [3.63, 3.8) is 0 Å². The standard InChI is InChI=1S/C14H16N2O2S3/c1-10-7-20-8-13(10)6-16-21(17,18)9-11-3-2-4-12(5-11)14(15)19/h2-5,7-8,16H,6,9H2,1H3,(H2,15,19). The molecule has 0 bridgehead atoms. The van der Waals surface area contributed by atoms with Crippen LogP contribution in [0.3, 0.4) is 0 Å². The predicted octanol–water partition coefficient (Wildman–Crippen LogP) is 2.31. The zero-order valence-corrected chi connectivity index (χ0v) is 13.9. The second kappa shape index (κ2) is 6.65. The Morgan fingerprint density at radius 3 is 2.76 bits per heavy atom. The fraction of sp³-hybridized carbons (Fsp3) is 0.214. The van der Waals surface area contributed by atoms with Crippen molar-refractivity contribution in [3.05, 3.63) is 57.3 Å². The van der Waals surface area contributed by atoms with Gasteiger partial charge in [0.25, 0.3) is 0 Å². The molecule has 0 saturated carbocycles. The molecule has 0 atom stereocenters. The van der Waals surface area contributed by atoms with Gasteiger partial charge in [-0.1, -0.05) is 30.4 Å². The molecule has 0 aliphatic rings. The number of sulfonamides is 1. The van der Waals surface area contributed by atoms with Gasteiger partial charge in [0.2, 0.25) is 10.0 Å². The highest BCUT2D eigenvalue weighted by Crippen LogP contribution is 2.14. The summed E-state index contributed by atoms with van der Waals surface area (Å²) in [5.41, 5.74) is 8.98. The van der Waals surface area contributed by atoms with Crippen molar-refractivity contribution in [2.75, 3.05) is 0 Å². The number of hydrogen-bond acceptors (Lipinski definition) is 4. The number of hydrogen-bond donors (Lipinski definition) is 2. The van der Waals surface area contributed by atoms with Crippen LogP contribution in [0.5, 0.6) is 0 Å². The molecule has 3 N–H and O–H groups in total. The van der Waals surface area contributed by atoms with E-state index in [1.807, 2.05) is 17.7 Å². The number of thiocarbonyl (C=S) groups is 1. The number of rotatable bonds is 6. The number of nitrogens with one attached hydrogen (secondary N) is 1. The van der Waals surface area contributed by atoms with E-state index in [2.05, 4.69) is 4.72 Å². The van der Waals surface area contributed by atoms with Gasteiger partial charge < -0.3 is 5.73 Å². The van der Waals surface area contributed by atoms with Gasteiger partial charge >= 0.3 is 0 Å². The topological polar surface area (TPSA) is 72.2 Å². The van der Waals surface area contributed by atoms with E-state index in [4.69, 9.17) is 18.0 Å². The minimum atomic E-state index is -3.40. The maximum absolute atomic E-state index is 12.1. The van der Waals surface area contributed by atoms with Crippen LogP contribution in [0.1, 0.15) is 22.3 Å². The van der Waals surface area contributed by atoms with E-state index in [1.165, 1.54) is 0 Å². The SMILES string of the molecule is Cc1cscc1CNS(=O)(=O)Cc1cccc(C(N)=S)c1. The molecule has 0 aliphatic heterocycles. The molecule has 112 valence electrons. The lowest BCUT2D eigenvalue weighted by Gasteiger charge is -2.08. The Morgan fingerprint density at radius 1 is 1.38 bits per heavy atom. The Kier molecular flexibility index (Phi) is 5.10. The molecular weight excluding hydrogens is 324 g/mol. The zero-order chi connectivity index (χ0) is 15.5. The maximum atomic E-state index is 12.1. The van der Waals surface area contributed by atoms with Crippen molar-refractivity contribution in [1.29, 1.82) is 0 Å². The Balaban J connectivity index is 2.05. The summed E-state index contributed by atoms with van der Waals surface area (Å²) in [4.78, 5) is 0.260. The monoisotopic (exact) mass is 340 g/mol. The fourth-order valence-electron chi connectivity index (χ4n) is 1.84. The van der Waals surface area contributed by atoms with Crippen LogP contribution >= 0.6 is 23.6 Å². The summed E-state index contributed by atoms with van der Waals surface area (Å²) in [5, 5.41) is 3.95. The normalized spacial score (nSPS) is 11.5. The second-order valence-electron chi connectivity index (χ2n) is 4.72. The van der Waals surface area contributed by atoms with Crippen molar-refractivity contribution in [2.45, 2.75) is 19.2 Å². The molecule has 0 unspecified atom stereocenters. The van der Waals surface area contributed by atoms with Crippen molar-refractivity contribution in [3.8, 4) is 0 Å². The van der Waals surface area contributed by atoms with Gasteiger partial charge in [0.15, 0.2) is 0 Å². The third-order valence-corrected chi connectivity index (χ3v) is 5.46. The summed E-state index contributed by atoms with van der Waals surface area (Å²) in [6, 6.07) is 6.97. The Hall–Kier alpha value is -1.28. The predicted molar refractivity (Wildman–Crippen MR) is 90.8 cm³/mol. The molecule has 4 nitrogen and oxygen atoms in total. The Bertz CT molecular complexity index is 751. The quantitative estimate of drug-likeness (QED) is 0.792. The summed E-state index contributed by atoms with van der Waals surface area (Å²) in [7, 11) is -3.40. The molecule has 0 saturated heterocycles. The van der Waals surface area contributed by atoms with Gasteiger partial charge in [-0.3, -0.25) is 0 Å². The summed E-state index contributed by atoms with van der Waals surface area (Å²) < 4.78 is 26.8. The average molecular weight is 340 g/mol. The first kappa shape index (κ1) is 16.1. The maximum Gasteiger partial charge on any atom is 0.216 e. The first-order valence-electron chi connectivity index (χ1n) is 6.25. The lowest BCUT2D eigenvalue weighted by atomic mass is 10.1. The van der Waals surface area contributed by atoms with E-state index < -0.39 is 10.0 Å². The van der Waals surface area contributed by atoms with Gasteiger partial charge in [0.1, 0.15) is 4.99 Å². The summed E-state index contributed by atoms with van der Waals surface area (Å²) >= 11 is 6.46. The van der Waals surface area contributed by atoms with Gasteiger partial charge in [-0.15, -0.1) is 0 Å². The molecule has 1 aromatic heterocycles. The van der Waals surface area contributed by atoms with Gasteiger partial charge in [-0.25, -0.2) is 13.1 Å². The first-order chi connectivity index (χ1) is 9.87. The molecule has 2 aromatic rings. The largest absolute Gasteiger partial charge is 0.389 e. The van der Waals surface area contributed by atoms with E-state index in [1.54, 1.807) is 35.6 Å². The van der Waals surface area contributed by atoms with Crippen molar-refractivity contribution in [2.24, 2.45) is 5.73 Å². The molecule has 7 heteroatoms. The van der Waals surface area contributed by atoms with Crippen LogP contribution in [0.4, 0.5) is 0 Å². The highest BCUT2D eigenvalue weighted by molar-refractivity contribution is 7.88. The highest BCUT2D eigenvalue weighted by Gasteiger charge is 2.13. The van der Waals surface area contributed by atoms with Gasteiger partial charge in [0.05, 0.1) is 5.75 Å².